The van der Waals surface area contributed by atoms with Crippen LogP contribution in [0.1, 0.15) is 241 Å². The minimum absolute atomic E-state index is 0.0570. The number of phosphoric ester groups is 1. The Kier molecular flexibility index (Phi) is 5.94. The fourth-order valence-electron chi connectivity index (χ4n) is 1.87. The third-order valence-electron chi connectivity index (χ3n) is 3.68. The summed E-state index contributed by atoms with van der Waals surface area (Å²) in [5.74, 6) is -6.06. The smallest absolute Gasteiger partial charge is 0.306 e. The summed E-state index contributed by atoms with van der Waals surface area (Å²) in [5, 5.41) is 0. The molecule has 0 aromatic rings. The number of likely N-dealkylation sites (N-methyl/N-ethyl adjacent to an activating group) is 1. The van der Waals surface area contributed by atoms with Gasteiger partial charge >= 0.3 is 11.9 Å². The van der Waals surface area contributed by atoms with Crippen LogP contribution in [-0.4, -0.2) is 70.0 Å². The van der Waals surface area contributed by atoms with Gasteiger partial charge in [0.1, 0.15) is 19.8 Å². The third-order valence-corrected chi connectivity index (χ3v) is 4.65. The van der Waals surface area contributed by atoms with Crippen molar-refractivity contribution in [2.24, 2.45) is 0 Å². The summed E-state index contributed by atoms with van der Waals surface area (Å²) in [6.45, 7) is -13.7. The zero-order chi connectivity index (χ0) is 82.4. The summed E-state index contributed by atoms with van der Waals surface area (Å²) in [7, 11) is -1.44. The van der Waals surface area contributed by atoms with Crippen LogP contribution >= 0.6 is 7.82 Å². The quantitative estimate of drug-likeness (QED) is 0.0366. The molecule has 0 bridgehead atoms. The number of hydrogen-bond acceptors (Lipinski definition) is 8. The monoisotopic (exact) mass is 732 g/mol. The Labute approximate surface area is 358 Å². The zero-order valence-electron chi connectivity index (χ0n) is 78.6. The van der Waals surface area contributed by atoms with Crippen molar-refractivity contribution in [1.29, 1.82) is 0 Å². The largest absolute Gasteiger partial charge is 0.756 e. The van der Waals surface area contributed by atoms with Crippen molar-refractivity contribution < 1.29 is 116 Å². The van der Waals surface area contributed by atoms with Crippen molar-refractivity contribution in [1.82, 2.24) is 0 Å². The minimum atomic E-state index is -5.88. The molecule has 274 valence electrons. The first kappa shape index (κ1) is 9.08. The number of ether oxygens (including phenoxy) is 2. The molecule has 0 aromatic heterocycles. The maximum absolute atomic E-state index is 13.8. The Hall–Kier alpha value is -0.990. The Bertz CT molecular complexity index is 2970. The van der Waals surface area contributed by atoms with Gasteiger partial charge in [-0.25, -0.2) is 0 Å². The fourth-order valence-corrected chi connectivity index (χ4v) is 2.60. The van der Waals surface area contributed by atoms with Crippen LogP contribution in [0, 0.1) is 0 Å². The van der Waals surface area contributed by atoms with Gasteiger partial charge < -0.3 is 27.9 Å². The number of carbonyl (C=O) groups is 2. The van der Waals surface area contributed by atoms with E-state index >= 15 is 0 Å². The molecule has 10 heteroatoms. The van der Waals surface area contributed by atoms with Gasteiger partial charge in [-0.05, 0) is 12.7 Å². The lowest BCUT2D eigenvalue weighted by atomic mass is 10.1. The predicted octanol–water partition coefficient (Wildman–Crippen LogP) is 9.05. The van der Waals surface area contributed by atoms with Crippen molar-refractivity contribution in [3.05, 3.63) is 0 Å². The number of carbonyl (C=O) groups excluding carboxylic acids is 2. The van der Waals surface area contributed by atoms with Crippen LogP contribution in [0.4, 0.5) is 0 Å². The van der Waals surface area contributed by atoms with Gasteiger partial charge in [0.2, 0.25) is 0 Å². The highest BCUT2D eigenvalue weighted by Gasteiger charge is 2.21. The molecule has 0 N–H and O–H groups in total. The molecule has 2 atom stereocenters. The van der Waals surface area contributed by atoms with Gasteiger partial charge in [-0.2, -0.15) is 0 Å². The molecule has 0 fully saturated rings. The zero-order valence-corrected chi connectivity index (χ0v) is 25.5. The highest BCUT2D eigenvalue weighted by molar-refractivity contribution is 7.45. The first-order valence-corrected chi connectivity index (χ1v) is 13.6. The van der Waals surface area contributed by atoms with Crippen LogP contribution in [0.5, 0.6) is 0 Å². The van der Waals surface area contributed by atoms with E-state index in [0.717, 1.165) is 0 Å². The molecule has 0 heterocycles. The second-order valence-electron chi connectivity index (χ2n) is 8.22. The van der Waals surface area contributed by atoms with E-state index in [0.29, 0.717) is 0 Å². The lowest BCUT2D eigenvalue weighted by molar-refractivity contribution is -0.870. The van der Waals surface area contributed by atoms with Crippen molar-refractivity contribution in [3.63, 3.8) is 0 Å². The summed E-state index contributed by atoms with van der Waals surface area (Å²) in [4.78, 5) is 40.4. The van der Waals surface area contributed by atoms with Crippen LogP contribution in [0.3, 0.4) is 0 Å². The molecule has 46 heavy (non-hydrogen) atoms. The van der Waals surface area contributed by atoms with Gasteiger partial charge in [-0.1, -0.05) is 141 Å². The van der Waals surface area contributed by atoms with E-state index < -0.39 is 212 Å². The number of phosphoric acid groups is 1. The van der Waals surface area contributed by atoms with Crippen LogP contribution < -0.4 is 4.89 Å². The third kappa shape index (κ3) is 32.9. The molecule has 0 radical (unpaired) electrons. The summed E-state index contributed by atoms with van der Waals surface area (Å²) in [6.07, 6.45) is -127. The first-order valence-electron chi connectivity index (χ1n) is 39.1. The van der Waals surface area contributed by atoms with Crippen LogP contribution in [0.15, 0.2) is 0 Å². The molecule has 0 amide bonds. The second-order valence-corrected chi connectivity index (χ2v) is 9.63. The normalized spacial score (nSPS) is 39.2. The Morgan fingerprint density at radius 1 is 0.652 bits per heavy atom. The second kappa shape index (κ2) is 30.1. The van der Waals surface area contributed by atoms with Crippen molar-refractivity contribution >= 4 is 19.8 Å². The number of hydrogen-bond donors (Lipinski definition) is 0. The molecular weight excluding hydrogens is 605 g/mol. The molecule has 0 rings (SSSR count). The molecule has 0 aromatic carbocycles. The Morgan fingerprint density at radius 2 is 1.07 bits per heavy atom. The van der Waals surface area contributed by atoms with Crippen LogP contribution in [0.25, 0.3) is 0 Å². The van der Waals surface area contributed by atoms with E-state index in [1.807, 2.05) is 0 Å². The SMILES string of the molecule is [2H]C([2H])([2H])C([2H])([2H])C([2H])([2H])C([2H])([2H])C([2H])([2H])C([2H])([2H])C([2H])([2H])C([2H])([2H])C([2H])([2H])C([2H])([2H])C([2H])([2H])C([2H])([2H])C([2H])([2H])C(=O)OCC(COP(=O)([O-])OCC[N+](C)(C)C)OC(=O)C([2H])([2H])C([2H])([2H])C([2H])([2H])C([2H])([2H])C([2H])([2H])C([2H])([2H])C([2H])([2H])C([2H])([2H])C([2H])([2H])C([2H])([2H])C([2H])([2H])C([2H])([2H])C([2H])([2H])[2H]. The molecule has 0 saturated heterocycles. The average molecular weight is 732 g/mol. The first-order chi connectivity index (χ1) is 42.3. The topological polar surface area (TPSA) is 111 Å². The summed E-state index contributed by atoms with van der Waals surface area (Å²) < 4.78 is 471. The van der Waals surface area contributed by atoms with Gasteiger partial charge in [0, 0.05) is 86.8 Å². The van der Waals surface area contributed by atoms with Gasteiger partial charge in [0.25, 0.3) is 7.82 Å². The lowest BCUT2D eigenvalue weighted by Gasteiger charge is -2.28. The highest BCUT2D eigenvalue weighted by atomic mass is 31.2. The number of rotatable bonds is 34. The standard InChI is InChI=1S/C36H72NO8P/c1-6-8-10-12-14-16-18-20-22-24-26-28-35(38)42-32-34(33-44-46(40,41)43-31-30-37(3,4)5)45-36(39)29-27-25-23-21-19-17-15-13-11-9-7-2/h34H,6-33H2,1-5H3/i1D3,2D3,6D2,7D2,8D2,9D2,10D2,11D2,12D2,13D2,14D2,15D2,16D2,17D2,18D2,19D2,20D2,21D2,22D2,23D2,24D2,25D2,26D2,27D2,28D2,29D2. The van der Waals surface area contributed by atoms with E-state index in [9.17, 15) is 19.0 Å². The number of nitrogens with zero attached hydrogens (tertiary/aromatic N) is 1. The van der Waals surface area contributed by atoms with Crippen molar-refractivity contribution in [3.8, 4) is 0 Å². The maximum atomic E-state index is 13.8. The minimum Gasteiger partial charge on any atom is -0.756 e. The lowest BCUT2D eigenvalue weighted by Crippen LogP contribution is -2.37. The molecule has 0 spiro atoms. The molecule has 0 aliphatic carbocycles. The molecule has 9 nitrogen and oxygen atoms in total. The van der Waals surface area contributed by atoms with Crippen LogP contribution in [-0.2, 0) is 32.7 Å². The summed E-state index contributed by atoms with van der Waals surface area (Å²) >= 11 is 0. The van der Waals surface area contributed by atoms with E-state index in [4.69, 9.17) is 74.0 Å². The highest BCUT2D eigenvalue weighted by Crippen LogP contribution is 2.38. The van der Waals surface area contributed by atoms with E-state index in [1.165, 1.54) is 21.1 Å². The molecule has 0 aliphatic heterocycles. The molecule has 2 unspecified atom stereocenters. The summed E-state index contributed by atoms with van der Waals surface area (Å²) in [5.41, 5.74) is 0. The molecule has 0 aliphatic rings. The average Bonchev–Trinajstić information content (AvgIpc) is 0.687. The number of esters is 2. The number of quaternary nitrogens is 1. The van der Waals surface area contributed by atoms with Gasteiger partial charge in [0.15, 0.2) is 6.10 Å². The fraction of sp³-hybridized carbons (Fsp3) is 0.944. The molecule has 0 saturated carbocycles. The van der Waals surface area contributed by atoms with E-state index in [1.54, 1.807) is 0 Å². The Morgan fingerprint density at radius 3 is 1.50 bits per heavy atom. The Balaban J connectivity index is 8.10. The van der Waals surface area contributed by atoms with Gasteiger partial charge in [-0.3, -0.25) is 14.2 Å². The van der Waals surface area contributed by atoms with Crippen molar-refractivity contribution in [2.75, 3.05) is 47.5 Å². The predicted molar refractivity (Wildman–Crippen MR) is 185 cm³/mol. The van der Waals surface area contributed by atoms with E-state index in [-0.39, 0.29) is 11.0 Å². The van der Waals surface area contributed by atoms with Gasteiger partial charge in [-0.15, -0.1) is 0 Å². The van der Waals surface area contributed by atoms with Crippen molar-refractivity contribution in [2.45, 2.75) is 173 Å². The van der Waals surface area contributed by atoms with E-state index in [2.05, 4.69) is 18.5 Å². The summed E-state index contributed by atoms with van der Waals surface area (Å²) in [6, 6.07) is 0. The molecular formula is C36H72NO8P. The maximum Gasteiger partial charge on any atom is 0.306 e. The van der Waals surface area contributed by atoms with Gasteiger partial charge in [0.05, 0.1) is 27.7 Å². The van der Waals surface area contributed by atoms with Crippen LogP contribution in [0.2, 0.25) is 0 Å².